The van der Waals surface area contributed by atoms with Gasteiger partial charge < -0.3 is 20.1 Å². The first kappa shape index (κ1) is 17.0. The van der Waals surface area contributed by atoms with Crippen LogP contribution in [0.3, 0.4) is 0 Å². The summed E-state index contributed by atoms with van der Waals surface area (Å²) in [5.74, 6) is 0. The van der Waals surface area contributed by atoms with Crippen molar-refractivity contribution < 1.29 is 9.84 Å². The molecule has 114 valence electrons. The van der Waals surface area contributed by atoms with Crippen LogP contribution >= 0.6 is 0 Å². The minimum absolute atomic E-state index is 0.178. The minimum Gasteiger partial charge on any atom is -0.395 e. The molecular formula is C16H28N2O2. The van der Waals surface area contributed by atoms with Gasteiger partial charge in [0, 0.05) is 38.5 Å². The molecule has 0 bridgehead atoms. The van der Waals surface area contributed by atoms with E-state index < -0.39 is 0 Å². The fourth-order valence-corrected chi connectivity index (χ4v) is 2.25. The number of benzene rings is 1. The first-order valence-corrected chi connectivity index (χ1v) is 7.26. The molecule has 1 rings (SSSR count). The summed E-state index contributed by atoms with van der Waals surface area (Å²) in [6.45, 7) is 9.72. The number of anilines is 1. The molecule has 0 fully saturated rings. The second kappa shape index (κ2) is 8.95. The van der Waals surface area contributed by atoms with Crippen LogP contribution in [0.25, 0.3) is 0 Å². The summed E-state index contributed by atoms with van der Waals surface area (Å²) in [5, 5.41) is 12.5. The van der Waals surface area contributed by atoms with E-state index in [9.17, 15) is 5.11 Å². The molecule has 0 amide bonds. The van der Waals surface area contributed by atoms with Crippen molar-refractivity contribution in [3.05, 3.63) is 29.3 Å². The predicted octanol–water partition coefficient (Wildman–Crippen LogP) is 1.94. The van der Waals surface area contributed by atoms with Crippen molar-refractivity contribution in [3.8, 4) is 0 Å². The Hall–Kier alpha value is -1.10. The Morgan fingerprint density at radius 2 is 2.10 bits per heavy atom. The molecule has 1 aromatic rings. The van der Waals surface area contributed by atoms with Gasteiger partial charge in [-0.2, -0.15) is 0 Å². The standard InChI is InChI=1S/C16H28N2O2/c1-13(2)18(8-9-19)16-6-5-15(14(3)11-16)12-17-7-10-20-4/h5-6,11,13,17,19H,7-10,12H2,1-4H3. The minimum atomic E-state index is 0.178. The lowest BCUT2D eigenvalue weighted by Gasteiger charge is -2.29. The van der Waals surface area contributed by atoms with Gasteiger partial charge in [0.15, 0.2) is 0 Å². The van der Waals surface area contributed by atoms with Crippen LogP contribution < -0.4 is 10.2 Å². The van der Waals surface area contributed by atoms with Gasteiger partial charge in [0.25, 0.3) is 0 Å². The molecule has 0 aromatic heterocycles. The van der Waals surface area contributed by atoms with E-state index in [1.54, 1.807) is 7.11 Å². The maximum absolute atomic E-state index is 9.17. The Morgan fingerprint density at radius 1 is 1.35 bits per heavy atom. The van der Waals surface area contributed by atoms with E-state index in [4.69, 9.17) is 4.74 Å². The fraction of sp³-hybridized carbons (Fsp3) is 0.625. The topological polar surface area (TPSA) is 44.7 Å². The van der Waals surface area contributed by atoms with Crippen LogP contribution in [0.1, 0.15) is 25.0 Å². The van der Waals surface area contributed by atoms with E-state index in [0.29, 0.717) is 12.6 Å². The van der Waals surface area contributed by atoms with Crippen LogP contribution in [0.4, 0.5) is 5.69 Å². The molecule has 0 spiro atoms. The molecule has 1 aromatic carbocycles. The molecule has 0 atom stereocenters. The molecule has 20 heavy (non-hydrogen) atoms. The normalized spacial score (nSPS) is 11.1. The van der Waals surface area contributed by atoms with Gasteiger partial charge >= 0.3 is 0 Å². The molecule has 0 saturated carbocycles. The average Bonchev–Trinajstić information content (AvgIpc) is 2.42. The van der Waals surface area contributed by atoms with Gasteiger partial charge in [-0.1, -0.05) is 6.07 Å². The highest BCUT2D eigenvalue weighted by Gasteiger charge is 2.11. The lowest BCUT2D eigenvalue weighted by Crippen LogP contribution is -2.33. The van der Waals surface area contributed by atoms with E-state index >= 15 is 0 Å². The second-order valence-corrected chi connectivity index (χ2v) is 5.29. The zero-order valence-electron chi connectivity index (χ0n) is 13.1. The maximum atomic E-state index is 9.17. The number of ether oxygens (including phenoxy) is 1. The van der Waals surface area contributed by atoms with Gasteiger partial charge in [-0.15, -0.1) is 0 Å². The highest BCUT2D eigenvalue weighted by molar-refractivity contribution is 5.51. The first-order chi connectivity index (χ1) is 9.60. The van der Waals surface area contributed by atoms with Crippen LogP contribution in [0, 0.1) is 6.92 Å². The van der Waals surface area contributed by atoms with Crippen molar-refractivity contribution >= 4 is 5.69 Å². The van der Waals surface area contributed by atoms with E-state index in [2.05, 4.69) is 49.2 Å². The van der Waals surface area contributed by atoms with Crippen molar-refractivity contribution in [1.82, 2.24) is 5.32 Å². The van der Waals surface area contributed by atoms with Crippen molar-refractivity contribution in [2.24, 2.45) is 0 Å². The molecular weight excluding hydrogens is 252 g/mol. The van der Waals surface area contributed by atoms with Gasteiger partial charge in [0.1, 0.15) is 0 Å². The number of aliphatic hydroxyl groups excluding tert-OH is 1. The highest BCUT2D eigenvalue weighted by atomic mass is 16.5. The van der Waals surface area contributed by atoms with Crippen LogP contribution in [-0.4, -0.2) is 44.6 Å². The number of rotatable bonds is 9. The molecule has 0 unspecified atom stereocenters. The summed E-state index contributed by atoms with van der Waals surface area (Å²) in [4.78, 5) is 2.22. The molecule has 0 heterocycles. The number of nitrogens with zero attached hydrogens (tertiary/aromatic N) is 1. The molecule has 0 aliphatic rings. The quantitative estimate of drug-likeness (QED) is 0.679. The lowest BCUT2D eigenvalue weighted by atomic mass is 10.1. The van der Waals surface area contributed by atoms with Gasteiger partial charge in [-0.25, -0.2) is 0 Å². The third kappa shape index (κ3) is 5.12. The van der Waals surface area contributed by atoms with Gasteiger partial charge in [0.2, 0.25) is 0 Å². The van der Waals surface area contributed by atoms with Gasteiger partial charge in [-0.3, -0.25) is 0 Å². The SMILES string of the molecule is COCCNCc1ccc(N(CCO)C(C)C)cc1C. The van der Waals surface area contributed by atoms with Crippen molar-refractivity contribution in [2.75, 3.05) is 38.3 Å². The predicted molar refractivity (Wildman–Crippen MR) is 84.3 cm³/mol. The number of nitrogens with one attached hydrogen (secondary N) is 1. The van der Waals surface area contributed by atoms with Crippen molar-refractivity contribution in [3.63, 3.8) is 0 Å². The summed E-state index contributed by atoms with van der Waals surface area (Å²) >= 11 is 0. The number of methoxy groups -OCH3 is 1. The van der Waals surface area contributed by atoms with E-state index in [1.165, 1.54) is 16.8 Å². The largest absolute Gasteiger partial charge is 0.395 e. The molecule has 0 saturated heterocycles. The zero-order valence-corrected chi connectivity index (χ0v) is 13.1. The van der Waals surface area contributed by atoms with Gasteiger partial charge in [-0.05, 0) is 44.0 Å². The van der Waals surface area contributed by atoms with E-state index in [0.717, 1.165) is 19.7 Å². The molecule has 0 aliphatic heterocycles. The van der Waals surface area contributed by atoms with Crippen LogP contribution in [0.15, 0.2) is 18.2 Å². The third-order valence-corrected chi connectivity index (χ3v) is 3.42. The van der Waals surface area contributed by atoms with Crippen molar-refractivity contribution in [2.45, 2.75) is 33.4 Å². The second-order valence-electron chi connectivity index (χ2n) is 5.29. The lowest BCUT2D eigenvalue weighted by molar-refractivity contribution is 0.199. The molecule has 0 radical (unpaired) electrons. The first-order valence-electron chi connectivity index (χ1n) is 7.26. The molecule has 4 nitrogen and oxygen atoms in total. The van der Waals surface area contributed by atoms with E-state index in [-0.39, 0.29) is 6.61 Å². The highest BCUT2D eigenvalue weighted by Crippen LogP contribution is 2.21. The van der Waals surface area contributed by atoms with Crippen molar-refractivity contribution in [1.29, 1.82) is 0 Å². The summed E-state index contributed by atoms with van der Waals surface area (Å²) in [5.41, 5.74) is 3.75. The maximum Gasteiger partial charge on any atom is 0.0606 e. The van der Waals surface area contributed by atoms with Crippen LogP contribution in [-0.2, 0) is 11.3 Å². The molecule has 0 aliphatic carbocycles. The van der Waals surface area contributed by atoms with Crippen LogP contribution in [0.5, 0.6) is 0 Å². The van der Waals surface area contributed by atoms with Gasteiger partial charge in [0.05, 0.1) is 13.2 Å². The summed E-state index contributed by atoms with van der Waals surface area (Å²) in [7, 11) is 1.71. The monoisotopic (exact) mass is 280 g/mol. The Morgan fingerprint density at radius 3 is 2.65 bits per heavy atom. The Labute approximate surface area is 122 Å². The number of aliphatic hydroxyl groups is 1. The average molecular weight is 280 g/mol. The summed E-state index contributed by atoms with van der Waals surface area (Å²) in [6, 6.07) is 6.88. The summed E-state index contributed by atoms with van der Waals surface area (Å²) < 4.78 is 5.02. The number of hydrogen-bond donors (Lipinski definition) is 2. The van der Waals surface area contributed by atoms with E-state index in [1.807, 2.05) is 0 Å². The number of hydrogen-bond acceptors (Lipinski definition) is 4. The Bertz CT molecular complexity index is 394. The fourth-order valence-electron chi connectivity index (χ4n) is 2.25. The Balaban J connectivity index is 2.70. The molecule has 4 heteroatoms. The summed E-state index contributed by atoms with van der Waals surface area (Å²) in [6.07, 6.45) is 0. The Kier molecular flexibility index (Phi) is 7.59. The smallest absolute Gasteiger partial charge is 0.0606 e. The zero-order chi connectivity index (χ0) is 15.0. The third-order valence-electron chi connectivity index (χ3n) is 3.42. The number of aryl methyl sites for hydroxylation is 1. The molecule has 2 N–H and O–H groups in total. The van der Waals surface area contributed by atoms with Crippen LogP contribution in [0.2, 0.25) is 0 Å².